The number of rotatable bonds is 5. The third-order valence-electron chi connectivity index (χ3n) is 4.07. The van der Waals surface area contributed by atoms with Crippen molar-refractivity contribution in [3.05, 3.63) is 84.2 Å². The van der Waals surface area contributed by atoms with Gasteiger partial charge >= 0.3 is 0 Å². The number of fused-ring (bicyclic) bond motifs is 1. The minimum atomic E-state index is -0.271. The zero-order chi connectivity index (χ0) is 17.8. The molecule has 2 N–H and O–H groups in total. The van der Waals surface area contributed by atoms with Gasteiger partial charge in [0, 0.05) is 24.5 Å². The van der Waals surface area contributed by atoms with Crippen LogP contribution in [0, 0.1) is 0 Å². The lowest BCUT2D eigenvalue weighted by Crippen LogP contribution is -2.13. The fraction of sp³-hybridized carbons (Fsp3) is 0.100. The number of imidazole rings is 1. The van der Waals surface area contributed by atoms with Gasteiger partial charge in [-0.1, -0.05) is 24.3 Å². The van der Waals surface area contributed by atoms with Crippen LogP contribution in [-0.2, 0) is 12.8 Å². The molecule has 0 fully saturated rings. The van der Waals surface area contributed by atoms with Crippen LogP contribution in [0.25, 0.3) is 11.0 Å². The molecule has 0 aliphatic carbocycles. The first-order valence-corrected chi connectivity index (χ1v) is 8.38. The SMILES string of the molecule is O=C(Nc1cccc(CCc2nc3ccccc3[nH]2)c1)c1cnccn1. The number of anilines is 1. The maximum absolute atomic E-state index is 12.2. The Labute approximate surface area is 150 Å². The van der Waals surface area contributed by atoms with Gasteiger partial charge in [-0.05, 0) is 36.2 Å². The molecule has 0 atom stereocenters. The average molecular weight is 343 g/mol. The van der Waals surface area contributed by atoms with Crippen LogP contribution in [0.4, 0.5) is 5.69 Å². The highest BCUT2D eigenvalue weighted by Gasteiger charge is 2.08. The summed E-state index contributed by atoms with van der Waals surface area (Å²) in [5.41, 5.74) is 4.19. The Morgan fingerprint density at radius 1 is 1.04 bits per heavy atom. The molecule has 0 unspecified atom stereocenters. The number of H-pyrrole nitrogens is 1. The second kappa shape index (κ2) is 7.14. The zero-order valence-electron chi connectivity index (χ0n) is 14.0. The van der Waals surface area contributed by atoms with E-state index in [-0.39, 0.29) is 5.91 Å². The topological polar surface area (TPSA) is 83.6 Å². The third-order valence-corrected chi connectivity index (χ3v) is 4.07. The number of aromatic nitrogens is 4. The first-order chi connectivity index (χ1) is 12.8. The fourth-order valence-corrected chi connectivity index (χ4v) is 2.80. The Morgan fingerprint density at radius 2 is 1.96 bits per heavy atom. The molecular weight excluding hydrogens is 326 g/mol. The Hall–Kier alpha value is -3.54. The van der Waals surface area contributed by atoms with Gasteiger partial charge in [-0.2, -0.15) is 0 Å². The minimum Gasteiger partial charge on any atom is -0.342 e. The number of hydrogen-bond acceptors (Lipinski definition) is 4. The van der Waals surface area contributed by atoms with E-state index in [1.807, 2.05) is 48.5 Å². The molecule has 2 heterocycles. The minimum absolute atomic E-state index is 0.271. The molecule has 4 rings (SSSR count). The largest absolute Gasteiger partial charge is 0.342 e. The Bertz CT molecular complexity index is 1010. The van der Waals surface area contributed by atoms with Gasteiger partial charge in [0.2, 0.25) is 0 Å². The molecule has 26 heavy (non-hydrogen) atoms. The molecule has 0 saturated carbocycles. The number of nitrogens with one attached hydrogen (secondary N) is 2. The smallest absolute Gasteiger partial charge is 0.275 e. The van der Waals surface area contributed by atoms with Crippen molar-refractivity contribution < 1.29 is 4.79 Å². The number of para-hydroxylation sites is 2. The second-order valence-corrected chi connectivity index (χ2v) is 5.95. The van der Waals surface area contributed by atoms with E-state index in [1.54, 1.807) is 0 Å². The van der Waals surface area contributed by atoms with Gasteiger partial charge in [-0.25, -0.2) is 9.97 Å². The number of carbonyl (C=O) groups excluding carboxylic acids is 1. The van der Waals surface area contributed by atoms with Crippen LogP contribution in [0.5, 0.6) is 0 Å². The van der Waals surface area contributed by atoms with Gasteiger partial charge in [0.15, 0.2) is 0 Å². The monoisotopic (exact) mass is 343 g/mol. The van der Waals surface area contributed by atoms with E-state index in [4.69, 9.17) is 0 Å². The summed E-state index contributed by atoms with van der Waals surface area (Å²) < 4.78 is 0. The normalized spacial score (nSPS) is 10.8. The molecule has 6 heteroatoms. The van der Waals surface area contributed by atoms with Crippen LogP contribution in [0.2, 0.25) is 0 Å². The Kier molecular flexibility index (Phi) is 4.38. The maximum Gasteiger partial charge on any atom is 0.275 e. The van der Waals surface area contributed by atoms with E-state index < -0.39 is 0 Å². The van der Waals surface area contributed by atoms with E-state index in [0.29, 0.717) is 5.69 Å². The van der Waals surface area contributed by atoms with Crippen LogP contribution >= 0.6 is 0 Å². The molecule has 128 valence electrons. The summed E-state index contributed by atoms with van der Waals surface area (Å²) in [5, 5.41) is 2.85. The highest BCUT2D eigenvalue weighted by atomic mass is 16.1. The van der Waals surface area contributed by atoms with E-state index >= 15 is 0 Å². The maximum atomic E-state index is 12.2. The lowest BCUT2D eigenvalue weighted by atomic mass is 10.1. The fourth-order valence-electron chi connectivity index (χ4n) is 2.80. The highest BCUT2D eigenvalue weighted by molar-refractivity contribution is 6.02. The van der Waals surface area contributed by atoms with Crippen LogP contribution in [0.15, 0.2) is 67.1 Å². The number of aryl methyl sites for hydroxylation is 2. The van der Waals surface area contributed by atoms with Gasteiger partial charge in [-0.15, -0.1) is 0 Å². The molecule has 0 bridgehead atoms. The second-order valence-electron chi connectivity index (χ2n) is 5.95. The van der Waals surface area contributed by atoms with E-state index in [9.17, 15) is 4.79 Å². The van der Waals surface area contributed by atoms with Gasteiger partial charge < -0.3 is 10.3 Å². The predicted molar refractivity (Wildman–Crippen MR) is 99.9 cm³/mol. The van der Waals surface area contributed by atoms with Crippen molar-refractivity contribution in [3.63, 3.8) is 0 Å². The standard InChI is InChI=1S/C20H17N5O/c26-20(18-13-21-10-11-22-18)23-15-5-3-4-14(12-15)8-9-19-24-16-6-1-2-7-17(16)25-19/h1-7,10-13H,8-9H2,(H,23,26)(H,24,25). The van der Waals surface area contributed by atoms with Crippen LogP contribution in [0.1, 0.15) is 21.9 Å². The van der Waals surface area contributed by atoms with E-state index in [0.717, 1.165) is 41.0 Å². The number of amides is 1. The Morgan fingerprint density at radius 3 is 2.81 bits per heavy atom. The molecule has 1 amide bonds. The summed E-state index contributed by atoms with van der Waals surface area (Å²) >= 11 is 0. The number of hydrogen-bond donors (Lipinski definition) is 2. The lowest BCUT2D eigenvalue weighted by Gasteiger charge is -2.06. The molecular formula is C20H17N5O. The van der Waals surface area contributed by atoms with Crippen LogP contribution in [-0.4, -0.2) is 25.8 Å². The van der Waals surface area contributed by atoms with Crippen molar-refractivity contribution in [2.45, 2.75) is 12.8 Å². The molecule has 6 nitrogen and oxygen atoms in total. The van der Waals surface area contributed by atoms with Crippen LogP contribution < -0.4 is 5.32 Å². The number of aromatic amines is 1. The molecule has 4 aromatic rings. The van der Waals surface area contributed by atoms with Crippen molar-refractivity contribution in [1.29, 1.82) is 0 Å². The van der Waals surface area contributed by atoms with E-state index in [1.165, 1.54) is 18.6 Å². The van der Waals surface area contributed by atoms with Crippen molar-refractivity contribution >= 4 is 22.6 Å². The Balaban J connectivity index is 1.43. The quantitative estimate of drug-likeness (QED) is 0.582. The molecule has 0 spiro atoms. The number of benzene rings is 2. The average Bonchev–Trinajstić information content (AvgIpc) is 3.10. The summed E-state index contributed by atoms with van der Waals surface area (Å²) in [6.07, 6.45) is 6.11. The summed E-state index contributed by atoms with van der Waals surface area (Å²) in [6.45, 7) is 0. The molecule has 0 aliphatic heterocycles. The van der Waals surface area contributed by atoms with E-state index in [2.05, 4.69) is 25.3 Å². The summed E-state index contributed by atoms with van der Waals surface area (Å²) in [4.78, 5) is 28.0. The third kappa shape index (κ3) is 3.59. The summed E-state index contributed by atoms with van der Waals surface area (Å²) in [5.74, 6) is 0.688. The number of nitrogens with zero attached hydrogens (tertiary/aromatic N) is 3. The highest BCUT2D eigenvalue weighted by Crippen LogP contribution is 2.15. The molecule has 0 aliphatic rings. The predicted octanol–water partition coefficient (Wildman–Crippen LogP) is 3.39. The lowest BCUT2D eigenvalue weighted by molar-refractivity contribution is 0.102. The first kappa shape index (κ1) is 16.0. The van der Waals surface area contributed by atoms with Crippen molar-refractivity contribution in [3.8, 4) is 0 Å². The van der Waals surface area contributed by atoms with Gasteiger partial charge in [-0.3, -0.25) is 9.78 Å². The first-order valence-electron chi connectivity index (χ1n) is 8.38. The molecule has 2 aromatic carbocycles. The summed E-state index contributed by atoms with van der Waals surface area (Å²) in [7, 11) is 0. The van der Waals surface area contributed by atoms with Gasteiger partial charge in [0.05, 0.1) is 17.2 Å². The van der Waals surface area contributed by atoms with Crippen molar-refractivity contribution in [2.24, 2.45) is 0 Å². The van der Waals surface area contributed by atoms with Gasteiger partial charge in [0.25, 0.3) is 5.91 Å². The zero-order valence-corrected chi connectivity index (χ0v) is 14.0. The van der Waals surface area contributed by atoms with Crippen LogP contribution in [0.3, 0.4) is 0 Å². The molecule has 2 aromatic heterocycles. The summed E-state index contributed by atoms with van der Waals surface area (Å²) in [6, 6.07) is 15.8. The van der Waals surface area contributed by atoms with Crippen molar-refractivity contribution in [2.75, 3.05) is 5.32 Å². The van der Waals surface area contributed by atoms with Gasteiger partial charge in [0.1, 0.15) is 11.5 Å². The molecule has 0 radical (unpaired) electrons. The number of carbonyl (C=O) groups is 1. The van der Waals surface area contributed by atoms with Crippen molar-refractivity contribution in [1.82, 2.24) is 19.9 Å². The molecule has 0 saturated heterocycles.